The van der Waals surface area contributed by atoms with Crippen LogP contribution in [0.1, 0.15) is 27.0 Å². The molecule has 134 valence electrons. The summed E-state index contributed by atoms with van der Waals surface area (Å²) >= 11 is 0. The van der Waals surface area contributed by atoms with Crippen molar-refractivity contribution in [2.75, 3.05) is 5.32 Å². The fraction of sp³-hybridized carbons (Fsp3) is 0.0909. The van der Waals surface area contributed by atoms with Crippen molar-refractivity contribution in [1.82, 2.24) is 0 Å². The molecule has 3 aromatic carbocycles. The third kappa shape index (κ3) is 3.27. The van der Waals surface area contributed by atoms with Crippen LogP contribution in [0.3, 0.4) is 0 Å². The van der Waals surface area contributed by atoms with Crippen molar-refractivity contribution in [3.63, 3.8) is 0 Å². The number of para-hydroxylation sites is 1. The summed E-state index contributed by atoms with van der Waals surface area (Å²) in [4.78, 5) is 23.4. The van der Waals surface area contributed by atoms with Gasteiger partial charge in [-0.25, -0.2) is 9.59 Å². The number of amides is 1. The third-order valence-electron chi connectivity index (χ3n) is 4.70. The molecule has 3 aromatic rings. The third-order valence-corrected chi connectivity index (χ3v) is 4.70. The molecule has 0 aromatic heterocycles. The molecule has 1 aliphatic carbocycles. The number of hydrogen-bond donors (Lipinski definition) is 2. The standard InChI is InChI=1S/C22H17NO4/c24-21(25)18-9-3-4-11-20(18)23-22(26)27-13-15-7-5-10-17-16-8-2-1-6-14(16)12-19(15)17/h1-11H,12-13H2,(H,23,26)(H,24,25). The molecule has 0 fully saturated rings. The van der Waals surface area contributed by atoms with E-state index in [4.69, 9.17) is 4.74 Å². The summed E-state index contributed by atoms with van der Waals surface area (Å²) in [6.07, 6.45) is 0.130. The van der Waals surface area contributed by atoms with Gasteiger partial charge in [0.25, 0.3) is 0 Å². The Kier molecular flexibility index (Phi) is 4.34. The van der Waals surface area contributed by atoms with Crippen molar-refractivity contribution < 1.29 is 19.4 Å². The number of benzene rings is 3. The summed E-state index contributed by atoms with van der Waals surface area (Å²) in [5.74, 6) is -1.11. The van der Waals surface area contributed by atoms with Gasteiger partial charge in [-0.05, 0) is 46.4 Å². The number of hydrogen-bond acceptors (Lipinski definition) is 3. The number of carbonyl (C=O) groups excluding carboxylic acids is 1. The maximum atomic E-state index is 12.2. The number of rotatable bonds is 4. The van der Waals surface area contributed by atoms with E-state index >= 15 is 0 Å². The van der Waals surface area contributed by atoms with Gasteiger partial charge in [0.1, 0.15) is 6.61 Å². The molecule has 0 atom stereocenters. The Morgan fingerprint density at radius 2 is 1.67 bits per heavy atom. The summed E-state index contributed by atoms with van der Waals surface area (Å²) in [6.45, 7) is 0.123. The van der Waals surface area contributed by atoms with Crippen LogP contribution in [0.4, 0.5) is 10.5 Å². The summed E-state index contributed by atoms with van der Waals surface area (Å²) in [5, 5.41) is 11.7. The predicted molar refractivity (Wildman–Crippen MR) is 102 cm³/mol. The average Bonchev–Trinajstić information content (AvgIpc) is 3.06. The Labute approximate surface area is 156 Å². The van der Waals surface area contributed by atoms with Crippen molar-refractivity contribution in [2.24, 2.45) is 0 Å². The summed E-state index contributed by atoms with van der Waals surface area (Å²) in [7, 11) is 0. The number of carboxylic acids is 1. The van der Waals surface area contributed by atoms with Gasteiger partial charge in [-0.2, -0.15) is 0 Å². The highest BCUT2D eigenvalue weighted by Crippen LogP contribution is 2.38. The molecule has 0 radical (unpaired) electrons. The Morgan fingerprint density at radius 3 is 2.52 bits per heavy atom. The van der Waals surface area contributed by atoms with Crippen LogP contribution in [-0.4, -0.2) is 17.2 Å². The van der Waals surface area contributed by atoms with E-state index in [1.165, 1.54) is 28.8 Å². The molecule has 4 rings (SSSR count). The molecule has 1 amide bonds. The lowest BCUT2D eigenvalue weighted by molar-refractivity contribution is 0.0698. The second kappa shape index (κ2) is 6.96. The minimum Gasteiger partial charge on any atom is -0.478 e. The van der Waals surface area contributed by atoms with E-state index in [2.05, 4.69) is 23.5 Å². The number of carbonyl (C=O) groups is 2. The van der Waals surface area contributed by atoms with Crippen LogP contribution in [0.15, 0.2) is 66.7 Å². The van der Waals surface area contributed by atoms with Crippen molar-refractivity contribution in [2.45, 2.75) is 13.0 Å². The molecule has 5 heteroatoms. The topological polar surface area (TPSA) is 75.6 Å². The number of aromatic carboxylic acids is 1. The smallest absolute Gasteiger partial charge is 0.411 e. The Bertz CT molecular complexity index is 1040. The van der Waals surface area contributed by atoms with Gasteiger partial charge >= 0.3 is 12.1 Å². The minimum absolute atomic E-state index is 0.0190. The molecule has 0 saturated carbocycles. The lowest BCUT2D eigenvalue weighted by Gasteiger charge is -2.11. The van der Waals surface area contributed by atoms with Gasteiger partial charge in [-0.15, -0.1) is 0 Å². The lowest BCUT2D eigenvalue weighted by Crippen LogP contribution is -2.16. The Morgan fingerprint density at radius 1 is 0.926 bits per heavy atom. The summed E-state index contributed by atoms with van der Waals surface area (Å²) in [6, 6.07) is 20.4. The Balaban J connectivity index is 1.48. The fourth-order valence-corrected chi connectivity index (χ4v) is 3.43. The van der Waals surface area contributed by atoms with E-state index in [9.17, 15) is 14.7 Å². The van der Waals surface area contributed by atoms with Crippen LogP contribution in [0, 0.1) is 0 Å². The molecule has 5 nitrogen and oxygen atoms in total. The number of fused-ring (bicyclic) bond motifs is 3. The number of ether oxygens (including phenoxy) is 1. The highest BCUT2D eigenvalue weighted by molar-refractivity contribution is 5.98. The summed E-state index contributed by atoms with van der Waals surface area (Å²) < 4.78 is 5.35. The van der Waals surface area contributed by atoms with Crippen LogP contribution in [0.5, 0.6) is 0 Å². The quantitative estimate of drug-likeness (QED) is 0.553. The van der Waals surface area contributed by atoms with Gasteiger partial charge in [-0.1, -0.05) is 54.6 Å². The van der Waals surface area contributed by atoms with Crippen molar-refractivity contribution in [1.29, 1.82) is 0 Å². The van der Waals surface area contributed by atoms with E-state index in [-0.39, 0.29) is 17.9 Å². The molecule has 0 aliphatic heterocycles. The van der Waals surface area contributed by atoms with Crippen molar-refractivity contribution in [3.8, 4) is 11.1 Å². The second-order valence-corrected chi connectivity index (χ2v) is 6.33. The highest BCUT2D eigenvalue weighted by Gasteiger charge is 2.21. The van der Waals surface area contributed by atoms with Crippen LogP contribution in [0.25, 0.3) is 11.1 Å². The van der Waals surface area contributed by atoms with E-state index < -0.39 is 12.1 Å². The maximum Gasteiger partial charge on any atom is 0.411 e. The first-order valence-corrected chi connectivity index (χ1v) is 8.58. The average molecular weight is 359 g/mol. The zero-order valence-corrected chi connectivity index (χ0v) is 14.4. The molecule has 27 heavy (non-hydrogen) atoms. The zero-order valence-electron chi connectivity index (χ0n) is 14.4. The Hall–Kier alpha value is -3.60. The maximum absolute atomic E-state index is 12.2. The second-order valence-electron chi connectivity index (χ2n) is 6.33. The minimum atomic E-state index is -1.11. The molecule has 0 bridgehead atoms. The summed E-state index contributed by atoms with van der Waals surface area (Å²) in [5.41, 5.74) is 5.99. The van der Waals surface area contributed by atoms with Gasteiger partial charge in [0, 0.05) is 0 Å². The molecule has 0 unspecified atom stereocenters. The van der Waals surface area contributed by atoms with Crippen molar-refractivity contribution in [3.05, 3.63) is 89.0 Å². The van der Waals surface area contributed by atoms with Crippen LogP contribution in [-0.2, 0) is 17.8 Å². The largest absolute Gasteiger partial charge is 0.478 e. The number of nitrogens with one attached hydrogen (secondary N) is 1. The van der Waals surface area contributed by atoms with E-state index in [0.29, 0.717) is 0 Å². The van der Waals surface area contributed by atoms with Gasteiger partial charge in [-0.3, -0.25) is 5.32 Å². The van der Waals surface area contributed by atoms with Gasteiger partial charge in [0.15, 0.2) is 0 Å². The van der Waals surface area contributed by atoms with E-state index in [1.807, 2.05) is 24.3 Å². The molecule has 0 spiro atoms. The number of anilines is 1. The monoisotopic (exact) mass is 359 g/mol. The molecule has 2 N–H and O–H groups in total. The van der Waals surface area contributed by atoms with Crippen molar-refractivity contribution >= 4 is 17.7 Å². The van der Waals surface area contributed by atoms with E-state index in [0.717, 1.165) is 17.5 Å². The van der Waals surface area contributed by atoms with Crippen LogP contribution >= 0.6 is 0 Å². The van der Waals surface area contributed by atoms with Gasteiger partial charge in [0.05, 0.1) is 11.3 Å². The first kappa shape index (κ1) is 16.8. The first-order valence-electron chi connectivity index (χ1n) is 8.58. The van der Waals surface area contributed by atoms with Gasteiger partial charge < -0.3 is 9.84 Å². The first-order chi connectivity index (χ1) is 13.1. The number of carboxylic acid groups (broad SMARTS) is 1. The zero-order chi connectivity index (χ0) is 18.8. The highest BCUT2D eigenvalue weighted by atomic mass is 16.5. The lowest BCUT2D eigenvalue weighted by atomic mass is 10.0. The molecule has 0 heterocycles. The molecule has 1 aliphatic rings. The predicted octanol–water partition coefficient (Wildman–Crippen LogP) is 4.70. The fourth-order valence-electron chi connectivity index (χ4n) is 3.43. The SMILES string of the molecule is O=C(Nc1ccccc1C(=O)O)OCc1cccc2c1Cc1ccccc1-2. The van der Waals surface area contributed by atoms with Crippen LogP contribution in [0.2, 0.25) is 0 Å². The van der Waals surface area contributed by atoms with Gasteiger partial charge in [0.2, 0.25) is 0 Å². The van der Waals surface area contributed by atoms with Crippen LogP contribution < -0.4 is 5.32 Å². The molecular formula is C22H17NO4. The molecular weight excluding hydrogens is 342 g/mol. The van der Waals surface area contributed by atoms with E-state index in [1.54, 1.807) is 12.1 Å². The normalized spacial score (nSPS) is 11.4. The molecule has 0 saturated heterocycles.